The summed E-state index contributed by atoms with van der Waals surface area (Å²) in [6, 6.07) is 26.5. The van der Waals surface area contributed by atoms with Crippen LogP contribution in [-0.2, 0) is 12.5 Å². The molecule has 0 aliphatic rings. The minimum absolute atomic E-state index is 0.133. The maximum atomic E-state index is 13.5. The van der Waals surface area contributed by atoms with Gasteiger partial charge in [0.15, 0.2) is 0 Å². The molecular weight excluding hydrogens is 458 g/mol. The van der Waals surface area contributed by atoms with Crippen molar-refractivity contribution in [1.82, 2.24) is 19.1 Å². The van der Waals surface area contributed by atoms with Crippen LogP contribution in [0.1, 0.15) is 25.8 Å². The number of aromatic nitrogens is 4. The number of hydrogen-bond donors (Lipinski definition) is 0. The molecule has 6 rings (SSSR count). The zero-order valence-corrected chi connectivity index (χ0v) is 20.9. The molecule has 6 nitrogen and oxygen atoms in total. The van der Waals surface area contributed by atoms with Crippen LogP contribution in [0.15, 0.2) is 90.0 Å². The first-order valence-corrected chi connectivity index (χ1v) is 12.2. The monoisotopic (exact) mass is 483 g/mol. The van der Waals surface area contributed by atoms with Crippen molar-refractivity contribution in [3.8, 4) is 22.9 Å². The van der Waals surface area contributed by atoms with Gasteiger partial charge in [-0.05, 0) is 47.5 Å². The van der Waals surface area contributed by atoms with Crippen molar-refractivity contribution in [2.24, 2.45) is 7.05 Å². The number of imidazole rings is 1. The average Bonchev–Trinajstić information content (AvgIpc) is 3.18. The molecule has 0 aliphatic heterocycles. The molecule has 0 spiro atoms. The lowest BCUT2D eigenvalue weighted by molar-refractivity contribution is 0.540. The highest BCUT2D eigenvalue weighted by Gasteiger charge is 2.21. The third-order valence-corrected chi connectivity index (χ3v) is 7.24. The van der Waals surface area contributed by atoms with E-state index in [9.17, 15) is 10.1 Å². The van der Waals surface area contributed by atoms with Crippen LogP contribution in [0.3, 0.4) is 0 Å². The van der Waals surface area contributed by atoms with Gasteiger partial charge in [-0.15, -0.1) is 0 Å². The number of benzene rings is 3. The summed E-state index contributed by atoms with van der Waals surface area (Å²) in [5, 5.41) is 11.2. The van der Waals surface area contributed by atoms with E-state index in [2.05, 4.69) is 48.1 Å². The highest BCUT2D eigenvalue weighted by Crippen LogP contribution is 2.32. The second-order valence-corrected chi connectivity index (χ2v) is 10.1. The maximum Gasteiger partial charge on any atom is 0.333 e. The summed E-state index contributed by atoms with van der Waals surface area (Å²) in [5.41, 5.74) is 6.80. The lowest BCUT2D eigenvalue weighted by Crippen LogP contribution is -2.21. The molecule has 0 N–H and O–H groups in total. The molecule has 0 atom stereocenters. The molecule has 6 aromatic rings. The lowest BCUT2D eigenvalue weighted by atomic mass is 9.82. The van der Waals surface area contributed by atoms with E-state index in [1.165, 1.54) is 0 Å². The van der Waals surface area contributed by atoms with Crippen molar-refractivity contribution in [2.45, 2.75) is 25.7 Å². The zero-order chi connectivity index (χ0) is 25.7. The normalized spacial score (nSPS) is 11.8. The standard InChI is InChI=1S/C31H25N5O/c1-31(2,14-15-32)23-9-11-24(12-10-23)36-29-25-17-20(22-16-21-6-4-5-7-26(21)33-18-22)8-13-27(25)34-19-28(29)35(3)30(36)37/h4-13,16-19H,14H2,1-3H3. The Balaban J connectivity index is 1.56. The topological polar surface area (TPSA) is 76.5 Å². The van der Waals surface area contributed by atoms with Gasteiger partial charge < -0.3 is 0 Å². The summed E-state index contributed by atoms with van der Waals surface area (Å²) in [6.45, 7) is 4.11. The molecule has 0 unspecified atom stereocenters. The van der Waals surface area contributed by atoms with Gasteiger partial charge in [0.1, 0.15) is 0 Å². The van der Waals surface area contributed by atoms with Gasteiger partial charge in [0.25, 0.3) is 0 Å². The van der Waals surface area contributed by atoms with Gasteiger partial charge in [-0.25, -0.2) is 4.79 Å². The fourth-order valence-electron chi connectivity index (χ4n) is 5.01. The zero-order valence-electron chi connectivity index (χ0n) is 20.9. The summed E-state index contributed by atoms with van der Waals surface area (Å²) in [5.74, 6) is 0. The summed E-state index contributed by atoms with van der Waals surface area (Å²) < 4.78 is 3.39. The van der Waals surface area contributed by atoms with Gasteiger partial charge in [0.2, 0.25) is 0 Å². The minimum Gasteiger partial charge on any atom is -0.293 e. The third kappa shape index (κ3) is 3.68. The summed E-state index contributed by atoms with van der Waals surface area (Å²) in [4.78, 5) is 22.7. The molecule has 0 bridgehead atoms. The van der Waals surface area contributed by atoms with Crippen LogP contribution in [0.4, 0.5) is 0 Å². The Labute approximate surface area is 214 Å². The predicted molar refractivity (Wildman–Crippen MR) is 148 cm³/mol. The highest BCUT2D eigenvalue weighted by atomic mass is 16.1. The molecule has 0 fully saturated rings. The van der Waals surface area contributed by atoms with Crippen molar-refractivity contribution in [3.63, 3.8) is 0 Å². The summed E-state index contributed by atoms with van der Waals surface area (Å²) in [7, 11) is 1.77. The number of para-hydroxylation sites is 1. The second-order valence-electron chi connectivity index (χ2n) is 10.1. The SMILES string of the molecule is Cn1c(=O)n(-c2ccc(C(C)(C)CC#N)cc2)c2c3cc(-c4cnc5ccccc5c4)ccc3ncc21. The van der Waals surface area contributed by atoms with Gasteiger partial charge in [-0.3, -0.25) is 19.1 Å². The Bertz CT molecular complexity index is 1920. The van der Waals surface area contributed by atoms with Crippen LogP contribution in [0.2, 0.25) is 0 Å². The molecule has 180 valence electrons. The van der Waals surface area contributed by atoms with Gasteiger partial charge >= 0.3 is 5.69 Å². The van der Waals surface area contributed by atoms with Crippen LogP contribution < -0.4 is 5.69 Å². The van der Waals surface area contributed by atoms with E-state index in [1.54, 1.807) is 22.4 Å². The van der Waals surface area contributed by atoms with E-state index in [1.807, 2.05) is 60.8 Å². The van der Waals surface area contributed by atoms with Gasteiger partial charge in [0, 0.05) is 41.4 Å². The van der Waals surface area contributed by atoms with E-state index in [4.69, 9.17) is 0 Å². The van der Waals surface area contributed by atoms with Crippen molar-refractivity contribution in [2.75, 3.05) is 0 Å². The van der Waals surface area contributed by atoms with Crippen LogP contribution in [0.25, 0.3) is 49.7 Å². The average molecular weight is 484 g/mol. The molecule has 6 heteroatoms. The third-order valence-electron chi connectivity index (χ3n) is 7.24. The molecule has 37 heavy (non-hydrogen) atoms. The largest absolute Gasteiger partial charge is 0.333 e. The first-order valence-electron chi connectivity index (χ1n) is 12.2. The number of aryl methyl sites for hydroxylation is 1. The minimum atomic E-state index is -0.267. The molecule has 0 amide bonds. The van der Waals surface area contributed by atoms with Crippen molar-refractivity contribution in [3.05, 3.63) is 101 Å². The summed E-state index contributed by atoms with van der Waals surface area (Å²) in [6.07, 6.45) is 4.07. The van der Waals surface area contributed by atoms with E-state index in [0.29, 0.717) is 6.42 Å². The fraction of sp³-hybridized carbons (Fsp3) is 0.161. The number of pyridine rings is 2. The molecular formula is C31H25N5O. The number of nitrogens with zero attached hydrogens (tertiary/aromatic N) is 5. The second kappa shape index (κ2) is 8.42. The summed E-state index contributed by atoms with van der Waals surface area (Å²) >= 11 is 0. The molecule has 0 radical (unpaired) electrons. The molecule has 0 saturated heterocycles. The Hall–Kier alpha value is -4.76. The predicted octanol–water partition coefficient (Wildman–Crippen LogP) is 6.28. The van der Waals surface area contributed by atoms with Crippen molar-refractivity contribution in [1.29, 1.82) is 5.26 Å². The molecule has 0 aliphatic carbocycles. The van der Waals surface area contributed by atoms with Crippen LogP contribution in [0, 0.1) is 11.3 Å². The first-order chi connectivity index (χ1) is 17.9. The Kier molecular flexibility index (Phi) is 5.16. The highest BCUT2D eigenvalue weighted by molar-refractivity contribution is 6.04. The number of rotatable bonds is 4. The number of hydrogen-bond acceptors (Lipinski definition) is 4. The Morgan fingerprint density at radius 2 is 1.65 bits per heavy atom. The number of fused-ring (bicyclic) bond motifs is 4. The van der Waals surface area contributed by atoms with E-state index >= 15 is 0 Å². The Morgan fingerprint density at radius 1 is 0.892 bits per heavy atom. The van der Waals surface area contributed by atoms with E-state index in [0.717, 1.165) is 55.2 Å². The molecule has 3 aromatic carbocycles. The van der Waals surface area contributed by atoms with Crippen molar-refractivity contribution < 1.29 is 0 Å². The smallest absolute Gasteiger partial charge is 0.293 e. The quantitative estimate of drug-likeness (QED) is 0.295. The van der Waals surface area contributed by atoms with Gasteiger partial charge in [-0.1, -0.05) is 50.2 Å². The van der Waals surface area contributed by atoms with E-state index < -0.39 is 0 Å². The van der Waals surface area contributed by atoms with Crippen molar-refractivity contribution >= 4 is 32.8 Å². The first kappa shape index (κ1) is 22.7. The van der Waals surface area contributed by atoms with Crippen LogP contribution >= 0.6 is 0 Å². The van der Waals surface area contributed by atoms with E-state index in [-0.39, 0.29) is 11.1 Å². The lowest BCUT2D eigenvalue weighted by Gasteiger charge is -2.22. The molecule has 3 aromatic heterocycles. The molecule has 3 heterocycles. The molecule has 0 saturated carbocycles. The number of nitriles is 1. The van der Waals surface area contributed by atoms with Gasteiger partial charge in [-0.2, -0.15) is 5.26 Å². The van der Waals surface area contributed by atoms with Crippen LogP contribution in [-0.4, -0.2) is 19.1 Å². The Morgan fingerprint density at radius 3 is 2.43 bits per heavy atom. The van der Waals surface area contributed by atoms with Crippen LogP contribution in [0.5, 0.6) is 0 Å². The fourth-order valence-corrected chi connectivity index (χ4v) is 5.01. The maximum absolute atomic E-state index is 13.5. The van der Waals surface area contributed by atoms with Gasteiger partial charge in [0.05, 0.1) is 40.0 Å².